The van der Waals surface area contributed by atoms with Gasteiger partial charge in [0.05, 0.1) is 12.2 Å². The van der Waals surface area contributed by atoms with E-state index in [-0.39, 0.29) is 0 Å². The van der Waals surface area contributed by atoms with E-state index in [1.807, 2.05) is 29.6 Å². The summed E-state index contributed by atoms with van der Waals surface area (Å²) >= 11 is 0. The maximum atomic E-state index is 4.47. The summed E-state index contributed by atoms with van der Waals surface area (Å²) in [5, 5.41) is 7.88. The molecule has 1 fully saturated rings. The maximum Gasteiger partial charge on any atom is 0.157 e. The Morgan fingerprint density at radius 1 is 1.26 bits per heavy atom. The van der Waals surface area contributed by atoms with Crippen LogP contribution in [0.2, 0.25) is 0 Å². The molecule has 0 radical (unpaired) electrons. The van der Waals surface area contributed by atoms with Crippen molar-refractivity contribution in [2.75, 3.05) is 18.4 Å². The number of nitrogens with zero attached hydrogens (tertiary/aromatic N) is 3. The first-order valence-corrected chi connectivity index (χ1v) is 7.90. The number of aromatic nitrogens is 3. The largest absolute Gasteiger partial charge is 0.369 e. The molecule has 2 unspecified atom stereocenters. The van der Waals surface area contributed by atoms with E-state index in [2.05, 4.69) is 50.5 Å². The molecule has 0 saturated carbocycles. The quantitative estimate of drug-likeness (QED) is 0.687. The minimum atomic E-state index is 0.305. The highest BCUT2D eigenvalue weighted by molar-refractivity contribution is 5.49. The number of aryl methyl sites for hydroxylation is 1. The predicted octanol–water partition coefficient (Wildman–Crippen LogP) is 1.91. The first-order chi connectivity index (χ1) is 11.3. The number of fused-ring (bicyclic) bond motifs is 1. The van der Waals surface area contributed by atoms with Crippen LogP contribution in [0.3, 0.4) is 0 Å². The zero-order valence-electron chi connectivity index (χ0n) is 13.0. The van der Waals surface area contributed by atoms with Crippen molar-refractivity contribution in [3.8, 4) is 0 Å². The molecular formula is C17H20N6. The van der Waals surface area contributed by atoms with E-state index in [1.165, 1.54) is 5.56 Å². The summed E-state index contributed by atoms with van der Waals surface area (Å²) in [7, 11) is 0. The van der Waals surface area contributed by atoms with Crippen LogP contribution in [0, 0.1) is 12.8 Å². The highest BCUT2D eigenvalue weighted by atomic mass is 15.4. The van der Waals surface area contributed by atoms with Crippen LogP contribution in [0.15, 0.2) is 48.7 Å². The Kier molecular flexibility index (Phi) is 3.69. The molecule has 1 aliphatic rings. The maximum absolute atomic E-state index is 4.47. The first-order valence-electron chi connectivity index (χ1n) is 7.90. The average molecular weight is 308 g/mol. The SMILES string of the molecule is Cc1cc(NCC2CNNC2c2ccccc2)n2nccc2n1. The van der Waals surface area contributed by atoms with Crippen molar-refractivity contribution in [3.63, 3.8) is 0 Å². The van der Waals surface area contributed by atoms with Gasteiger partial charge in [0, 0.05) is 36.8 Å². The Labute approximate surface area is 134 Å². The first kappa shape index (κ1) is 14.2. The van der Waals surface area contributed by atoms with Crippen LogP contribution in [0.5, 0.6) is 0 Å². The standard InChI is InChI=1S/C17H20N6/c1-12-9-16(23-15(21-12)7-8-20-23)18-10-14-11-19-22-17(14)13-5-3-2-4-6-13/h2-9,14,17-19,22H,10-11H2,1H3. The summed E-state index contributed by atoms with van der Waals surface area (Å²) in [6.07, 6.45) is 1.78. The number of hydrazine groups is 1. The topological polar surface area (TPSA) is 66.3 Å². The van der Waals surface area contributed by atoms with Crippen LogP contribution in [0.4, 0.5) is 5.82 Å². The molecule has 0 amide bonds. The third kappa shape index (κ3) is 2.78. The smallest absolute Gasteiger partial charge is 0.157 e. The van der Waals surface area contributed by atoms with Gasteiger partial charge in [0.15, 0.2) is 5.65 Å². The van der Waals surface area contributed by atoms with E-state index in [9.17, 15) is 0 Å². The highest BCUT2D eigenvalue weighted by Gasteiger charge is 2.27. The Hall–Kier alpha value is -2.44. The molecule has 118 valence electrons. The van der Waals surface area contributed by atoms with E-state index in [0.29, 0.717) is 12.0 Å². The summed E-state index contributed by atoms with van der Waals surface area (Å²) < 4.78 is 1.85. The van der Waals surface area contributed by atoms with Crippen molar-refractivity contribution in [1.82, 2.24) is 25.4 Å². The molecule has 2 atom stereocenters. The zero-order chi connectivity index (χ0) is 15.6. The van der Waals surface area contributed by atoms with Gasteiger partial charge in [-0.3, -0.25) is 5.43 Å². The van der Waals surface area contributed by atoms with Crippen LogP contribution in [0.25, 0.3) is 5.65 Å². The Morgan fingerprint density at radius 3 is 3.00 bits per heavy atom. The fourth-order valence-corrected chi connectivity index (χ4v) is 3.14. The van der Waals surface area contributed by atoms with Gasteiger partial charge in [-0.1, -0.05) is 30.3 Å². The van der Waals surface area contributed by atoms with E-state index in [1.54, 1.807) is 6.20 Å². The molecule has 0 spiro atoms. The van der Waals surface area contributed by atoms with Gasteiger partial charge in [-0.25, -0.2) is 10.4 Å². The molecule has 1 saturated heterocycles. The van der Waals surface area contributed by atoms with E-state index < -0.39 is 0 Å². The van der Waals surface area contributed by atoms with E-state index >= 15 is 0 Å². The predicted molar refractivity (Wildman–Crippen MR) is 90.0 cm³/mol. The number of benzene rings is 1. The summed E-state index contributed by atoms with van der Waals surface area (Å²) in [5.74, 6) is 1.44. The fraction of sp³-hybridized carbons (Fsp3) is 0.294. The highest BCUT2D eigenvalue weighted by Crippen LogP contribution is 2.25. The molecule has 23 heavy (non-hydrogen) atoms. The van der Waals surface area contributed by atoms with Crippen LogP contribution >= 0.6 is 0 Å². The van der Waals surface area contributed by atoms with Gasteiger partial charge in [-0.15, -0.1) is 0 Å². The van der Waals surface area contributed by atoms with Crippen molar-refractivity contribution in [2.45, 2.75) is 13.0 Å². The lowest BCUT2D eigenvalue weighted by Crippen LogP contribution is -2.26. The molecule has 6 heteroatoms. The number of hydrogen-bond donors (Lipinski definition) is 3. The summed E-state index contributed by atoms with van der Waals surface area (Å²) in [6, 6.07) is 14.8. The molecule has 0 aliphatic carbocycles. The third-order valence-corrected chi connectivity index (χ3v) is 4.28. The lowest BCUT2D eigenvalue weighted by Gasteiger charge is -2.20. The minimum Gasteiger partial charge on any atom is -0.369 e. The normalized spacial score (nSPS) is 20.9. The molecule has 1 aromatic carbocycles. The number of rotatable bonds is 4. The number of nitrogens with one attached hydrogen (secondary N) is 3. The average Bonchev–Trinajstić information content (AvgIpc) is 3.22. The van der Waals surface area contributed by atoms with Crippen LogP contribution < -0.4 is 16.2 Å². The van der Waals surface area contributed by atoms with Crippen molar-refractivity contribution in [3.05, 3.63) is 59.9 Å². The van der Waals surface area contributed by atoms with E-state index in [0.717, 1.165) is 30.2 Å². The van der Waals surface area contributed by atoms with Crippen molar-refractivity contribution >= 4 is 11.5 Å². The van der Waals surface area contributed by atoms with Crippen LogP contribution in [-0.2, 0) is 0 Å². The molecule has 3 N–H and O–H groups in total. The van der Waals surface area contributed by atoms with Gasteiger partial charge in [0.2, 0.25) is 0 Å². The van der Waals surface area contributed by atoms with Crippen molar-refractivity contribution in [2.24, 2.45) is 5.92 Å². The van der Waals surface area contributed by atoms with Gasteiger partial charge in [0.1, 0.15) is 5.82 Å². The second-order valence-electron chi connectivity index (χ2n) is 5.94. The van der Waals surface area contributed by atoms with E-state index in [4.69, 9.17) is 0 Å². The Bertz CT molecular complexity index is 797. The van der Waals surface area contributed by atoms with Crippen molar-refractivity contribution < 1.29 is 0 Å². The van der Waals surface area contributed by atoms with Gasteiger partial charge >= 0.3 is 0 Å². The third-order valence-electron chi connectivity index (χ3n) is 4.28. The molecule has 4 rings (SSSR count). The second kappa shape index (κ2) is 5.98. The van der Waals surface area contributed by atoms with Gasteiger partial charge in [-0.05, 0) is 12.5 Å². The summed E-state index contributed by atoms with van der Waals surface area (Å²) in [4.78, 5) is 4.47. The molecule has 3 aromatic rings. The lowest BCUT2D eigenvalue weighted by atomic mass is 9.95. The lowest BCUT2D eigenvalue weighted by molar-refractivity contribution is 0.492. The summed E-state index contributed by atoms with van der Waals surface area (Å²) in [6.45, 7) is 3.79. The number of anilines is 1. The minimum absolute atomic E-state index is 0.305. The molecule has 6 nitrogen and oxygen atoms in total. The fourth-order valence-electron chi connectivity index (χ4n) is 3.14. The molecule has 1 aliphatic heterocycles. The second-order valence-corrected chi connectivity index (χ2v) is 5.94. The zero-order valence-corrected chi connectivity index (χ0v) is 13.0. The Morgan fingerprint density at radius 2 is 2.13 bits per heavy atom. The van der Waals surface area contributed by atoms with Crippen LogP contribution in [-0.4, -0.2) is 27.7 Å². The monoisotopic (exact) mass is 308 g/mol. The summed E-state index contributed by atoms with van der Waals surface area (Å²) in [5.41, 5.74) is 9.82. The van der Waals surface area contributed by atoms with Crippen LogP contribution in [0.1, 0.15) is 17.3 Å². The van der Waals surface area contributed by atoms with Gasteiger partial charge in [0.25, 0.3) is 0 Å². The number of hydrogen-bond acceptors (Lipinski definition) is 5. The Balaban J connectivity index is 1.52. The molecular weight excluding hydrogens is 288 g/mol. The van der Waals surface area contributed by atoms with Gasteiger partial charge in [-0.2, -0.15) is 9.61 Å². The van der Waals surface area contributed by atoms with Crippen molar-refractivity contribution in [1.29, 1.82) is 0 Å². The van der Waals surface area contributed by atoms with Gasteiger partial charge < -0.3 is 5.32 Å². The molecule has 2 aromatic heterocycles. The molecule has 3 heterocycles. The molecule has 0 bridgehead atoms.